The molecule has 2 aromatic carbocycles. The summed E-state index contributed by atoms with van der Waals surface area (Å²) in [7, 11) is 0. The van der Waals surface area contributed by atoms with E-state index in [9.17, 15) is 14.4 Å². The molecule has 6 nitrogen and oxygen atoms in total. The number of para-hydroxylation sites is 1. The topological polar surface area (TPSA) is 87.3 Å². The fraction of sp³-hybridized carbons (Fsp3) is 0.211. The van der Waals surface area contributed by atoms with Crippen LogP contribution in [0.2, 0.25) is 0 Å². The summed E-state index contributed by atoms with van der Waals surface area (Å²) < 4.78 is 0. The molecule has 128 valence electrons. The summed E-state index contributed by atoms with van der Waals surface area (Å²) in [5.74, 6) is -1.01. The van der Waals surface area contributed by atoms with Crippen LogP contribution in [0.4, 0.5) is 5.69 Å². The zero-order chi connectivity index (χ0) is 17.6. The third-order valence-electron chi connectivity index (χ3n) is 4.18. The van der Waals surface area contributed by atoms with E-state index < -0.39 is 0 Å². The van der Waals surface area contributed by atoms with Gasteiger partial charge in [0.25, 0.3) is 5.91 Å². The quantitative estimate of drug-likeness (QED) is 0.746. The molecule has 0 aromatic heterocycles. The molecule has 25 heavy (non-hydrogen) atoms. The van der Waals surface area contributed by atoms with E-state index in [4.69, 9.17) is 0 Å². The van der Waals surface area contributed by atoms with Gasteiger partial charge >= 0.3 is 0 Å². The lowest BCUT2D eigenvalue weighted by molar-refractivity contribution is -0.123. The molecule has 0 spiro atoms. The zero-order valence-corrected chi connectivity index (χ0v) is 13.6. The number of amides is 3. The molecule has 3 N–H and O–H groups in total. The van der Waals surface area contributed by atoms with Crippen molar-refractivity contribution < 1.29 is 14.4 Å². The van der Waals surface area contributed by atoms with E-state index in [2.05, 4.69) is 16.2 Å². The predicted octanol–water partition coefficient (Wildman–Crippen LogP) is 2.04. The smallest absolute Gasteiger partial charge is 0.269 e. The number of carbonyl (C=O) groups is 3. The van der Waals surface area contributed by atoms with Crippen molar-refractivity contribution in [2.24, 2.45) is 5.92 Å². The number of anilines is 1. The highest BCUT2D eigenvalue weighted by Crippen LogP contribution is 2.27. The van der Waals surface area contributed by atoms with Crippen LogP contribution in [0.5, 0.6) is 0 Å². The molecule has 0 bridgehead atoms. The van der Waals surface area contributed by atoms with Gasteiger partial charge in [0.05, 0.1) is 0 Å². The first-order chi connectivity index (χ1) is 12.1. The van der Waals surface area contributed by atoms with Crippen molar-refractivity contribution in [1.29, 1.82) is 0 Å². The van der Waals surface area contributed by atoms with Gasteiger partial charge in [-0.05, 0) is 36.6 Å². The van der Waals surface area contributed by atoms with Crippen molar-refractivity contribution in [3.05, 3.63) is 65.7 Å². The molecule has 0 aliphatic carbocycles. The van der Waals surface area contributed by atoms with E-state index in [1.807, 2.05) is 30.3 Å². The van der Waals surface area contributed by atoms with E-state index in [1.165, 1.54) is 0 Å². The van der Waals surface area contributed by atoms with E-state index in [0.717, 1.165) is 11.3 Å². The predicted molar refractivity (Wildman–Crippen MR) is 93.6 cm³/mol. The van der Waals surface area contributed by atoms with Crippen LogP contribution in [0.25, 0.3) is 0 Å². The fourth-order valence-corrected chi connectivity index (χ4v) is 2.80. The lowest BCUT2D eigenvalue weighted by atomic mass is 9.89. The highest BCUT2D eigenvalue weighted by molar-refractivity contribution is 5.96. The number of hydrogen-bond donors (Lipinski definition) is 3. The molecule has 1 atom stereocenters. The Hall–Kier alpha value is -3.15. The summed E-state index contributed by atoms with van der Waals surface area (Å²) >= 11 is 0. The number of hydrazine groups is 1. The maximum Gasteiger partial charge on any atom is 0.269 e. The average molecular weight is 337 g/mol. The second-order valence-corrected chi connectivity index (χ2v) is 5.95. The van der Waals surface area contributed by atoms with Crippen LogP contribution in [0.3, 0.4) is 0 Å². The molecular formula is C19H19N3O3. The van der Waals surface area contributed by atoms with Gasteiger partial charge in [-0.25, -0.2) is 0 Å². The highest BCUT2D eigenvalue weighted by Gasteiger charge is 2.26. The van der Waals surface area contributed by atoms with Gasteiger partial charge in [-0.1, -0.05) is 36.4 Å². The normalized spacial score (nSPS) is 15.7. The Bertz CT molecular complexity index is 790. The van der Waals surface area contributed by atoms with Crippen molar-refractivity contribution in [3.63, 3.8) is 0 Å². The molecule has 6 heteroatoms. The van der Waals surface area contributed by atoms with Gasteiger partial charge < -0.3 is 5.32 Å². The number of benzene rings is 2. The number of rotatable bonds is 4. The molecule has 3 rings (SSSR count). The molecule has 0 fully saturated rings. The van der Waals surface area contributed by atoms with Crippen LogP contribution >= 0.6 is 0 Å². The zero-order valence-electron chi connectivity index (χ0n) is 13.6. The summed E-state index contributed by atoms with van der Waals surface area (Å²) in [5, 5.41) is 2.87. The van der Waals surface area contributed by atoms with Crippen LogP contribution < -0.4 is 16.2 Å². The van der Waals surface area contributed by atoms with Crippen molar-refractivity contribution in [3.8, 4) is 0 Å². The minimum absolute atomic E-state index is 0.0696. The van der Waals surface area contributed by atoms with E-state index in [1.54, 1.807) is 24.3 Å². The highest BCUT2D eigenvalue weighted by atomic mass is 16.2. The molecule has 3 amide bonds. The third kappa shape index (κ3) is 4.23. The summed E-state index contributed by atoms with van der Waals surface area (Å²) in [4.78, 5) is 35.9. The van der Waals surface area contributed by atoms with Gasteiger partial charge in [-0.2, -0.15) is 0 Å². The molecule has 0 saturated carbocycles. The van der Waals surface area contributed by atoms with Gasteiger partial charge in [0.1, 0.15) is 0 Å². The fourth-order valence-electron chi connectivity index (χ4n) is 2.80. The van der Waals surface area contributed by atoms with Crippen LogP contribution in [0.1, 0.15) is 28.8 Å². The maximum atomic E-state index is 12.1. The first-order valence-electron chi connectivity index (χ1n) is 8.16. The van der Waals surface area contributed by atoms with E-state index in [-0.39, 0.29) is 30.1 Å². The number of carbonyl (C=O) groups excluding carboxylic acids is 3. The van der Waals surface area contributed by atoms with E-state index >= 15 is 0 Å². The summed E-state index contributed by atoms with van der Waals surface area (Å²) in [6, 6.07) is 16.3. The van der Waals surface area contributed by atoms with Crippen LogP contribution in [0, 0.1) is 5.92 Å². The minimum atomic E-state index is -0.377. The number of hydrogen-bond acceptors (Lipinski definition) is 3. The van der Waals surface area contributed by atoms with Crippen molar-refractivity contribution in [2.75, 3.05) is 5.32 Å². The SMILES string of the molecule is O=C(CCC1Cc2ccccc2NC1=O)NNC(=O)c1ccccc1. The Morgan fingerprint density at radius 1 is 1.00 bits per heavy atom. The Labute approximate surface area is 145 Å². The first kappa shape index (κ1) is 16.7. The molecule has 2 aromatic rings. The average Bonchev–Trinajstić information content (AvgIpc) is 2.65. The minimum Gasteiger partial charge on any atom is -0.326 e. The largest absolute Gasteiger partial charge is 0.326 e. The Kier molecular flexibility index (Phi) is 5.09. The monoisotopic (exact) mass is 337 g/mol. The van der Waals surface area contributed by atoms with Gasteiger partial charge in [0.15, 0.2) is 0 Å². The lowest BCUT2D eigenvalue weighted by Crippen LogP contribution is -2.42. The second-order valence-electron chi connectivity index (χ2n) is 5.95. The van der Waals surface area contributed by atoms with Gasteiger partial charge in [0.2, 0.25) is 11.8 Å². The molecular weight excluding hydrogens is 318 g/mol. The lowest BCUT2D eigenvalue weighted by Gasteiger charge is -2.24. The van der Waals surface area contributed by atoms with E-state index in [0.29, 0.717) is 18.4 Å². The molecule has 1 unspecified atom stereocenters. The second kappa shape index (κ2) is 7.61. The van der Waals surface area contributed by atoms with Gasteiger partial charge in [0, 0.05) is 23.6 Å². The Morgan fingerprint density at radius 2 is 1.72 bits per heavy atom. The Balaban J connectivity index is 1.46. The van der Waals surface area contributed by atoms with Crippen molar-refractivity contribution >= 4 is 23.4 Å². The van der Waals surface area contributed by atoms with Crippen LogP contribution in [-0.2, 0) is 16.0 Å². The van der Waals surface area contributed by atoms with Crippen LogP contribution in [-0.4, -0.2) is 17.7 Å². The van der Waals surface area contributed by atoms with Crippen LogP contribution in [0.15, 0.2) is 54.6 Å². The molecule has 1 aliphatic rings. The van der Waals surface area contributed by atoms with Gasteiger partial charge in [-0.3, -0.25) is 25.2 Å². The first-order valence-corrected chi connectivity index (χ1v) is 8.16. The summed E-state index contributed by atoms with van der Waals surface area (Å²) in [6.45, 7) is 0. The molecule has 1 aliphatic heterocycles. The van der Waals surface area contributed by atoms with Gasteiger partial charge in [-0.15, -0.1) is 0 Å². The molecule has 0 radical (unpaired) electrons. The standard InChI is InChI=1S/C19H19N3O3/c23-17(21-22-19(25)13-6-2-1-3-7-13)11-10-15-12-14-8-4-5-9-16(14)20-18(15)24/h1-9,15H,10-12H2,(H,20,24)(H,21,23)(H,22,25). The third-order valence-corrected chi connectivity index (χ3v) is 4.18. The molecule has 0 saturated heterocycles. The summed E-state index contributed by atoms with van der Waals surface area (Å²) in [6.07, 6.45) is 1.20. The summed E-state index contributed by atoms with van der Waals surface area (Å²) in [5.41, 5.74) is 7.13. The molecule has 1 heterocycles. The Morgan fingerprint density at radius 3 is 2.52 bits per heavy atom. The number of nitrogens with one attached hydrogen (secondary N) is 3. The number of fused-ring (bicyclic) bond motifs is 1. The van der Waals surface area contributed by atoms with Crippen molar-refractivity contribution in [2.45, 2.75) is 19.3 Å². The maximum absolute atomic E-state index is 12.1. The van der Waals surface area contributed by atoms with Crippen molar-refractivity contribution in [1.82, 2.24) is 10.9 Å².